The summed E-state index contributed by atoms with van der Waals surface area (Å²) in [6.07, 6.45) is -1.83. The van der Waals surface area contributed by atoms with Gasteiger partial charge in [-0.2, -0.15) is 18.4 Å². The first-order valence-corrected chi connectivity index (χ1v) is 10.7. The van der Waals surface area contributed by atoms with Crippen molar-refractivity contribution in [2.75, 3.05) is 4.90 Å². The number of imide groups is 1. The molecule has 1 N–H and O–H groups in total. The van der Waals surface area contributed by atoms with Crippen molar-refractivity contribution in [1.29, 1.82) is 5.26 Å². The van der Waals surface area contributed by atoms with E-state index >= 15 is 0 Å². The van der Waals surface area contributed by atoms with E-state index in [0.29, 0.717) is 17.8 Å². The molecule has 2 fully saturated rings. The molecule has 0 spiro atoms. The number of hydrogen-bond acceptors (Lipinski definition) is 6. The zero-order valence-corrected chi connectivity index (χ0v) is 18.4. The van der Waals surface area contributed by atoms with Crippen LogP contribution in [-0.4, -0.2) is 51.8 Å². The smallest absolute Gasteiger partial charge is 0.475 e. The number of ketones is 1. The molecular formula is C25H18F3N3O5. The quantitative estimate of drug-likeness (QED) is 0.648. The van der Waals surface area contributed by atoms with Crippen LogP contribution in [0.3, 0.4) is 0 Å². The van der Waals surface area contributed by atoms with Crippen LogP contribution in [0.5, 0.6) is 0 Å². The first kappa shape index (κ1) is 24.8. The molecule has 2 bridgehead atoms. The van der Waals surface area contributed by atoms with Gasteiger partial charge in [-0.3, -0.25) is 19.3 Å². The highest BCUT2D eigenvalue weighted by molar-refractivity contribution is 6.24. The van der Waals surface area contributed by atoms with E-state index in [1.807, 2.05) is 17.0 Å². The summed E-state index contributed by atoms with van der Waals surface area (Å²) in [6.45, 7) is 0.403. The molecule has 8 nitrogen and oxygen atoms in total. The predicted molar refractivity (Wildman–Crippen MR) is 118 cm³/mol. The number of hydrogen-bond donors (Lipinski definition) is 1. The van der Waals surface area contributed by atoms with E-state index in [1.165, 1.54) is 11.0 Å². The molecule has 11 heteroatoms. The van der Waals surface area contributed by atoms with Crippen molar-refractivity contribution < 1.29 is 37.5 Å². The van der Waals surface area contributed by atoms with Crippen LogP contribution >= 0.6 is 0 Å². The topological polar surface area (TPSA) is 119 Å². The van der Waals surface area contributed by atoms with E-state index in [2.05, 4.69) is 6.07 Å². The largest absolute Gasteiger partial charge is 0.490 e. The lowest BCUT2D eigenvalue weighted by molar-refractivity contribution is -0.192. The van der Waals surface area contributed by atoms with E-state index in [-0.39, 0.29) is 23.6 Å². The van der Waals surface area contributed by atoms with Crippen LogP contribution in [0, 0.1) is 23.2 Å². The molecule has 2 aromatic rings. The van der Waals surface area contributed by atoms with Gasteiger partial charge in [0.15, 0.2) is 5.78 Å². The minimum atomic E-state index is -5.08. The number of carboxylic acids is 1. The third kappa shape index (κ3) is 4.38. The number of alkyl halides is 3. The lowest BCUT2D eigenvalue weighted by Crippen LogP contribution is -2.48. The van der Waals surface area contributed by atoms with E-state index in [4.69, 9.17) is 15.2 Å². The number of halogens is 3. The lowest BCUT2D eigenvalue weighted by atomic mass is 9.90. The summed E-state index contributed by atoms with van der Waals surface area (Å²) >= 11 is 0. The number of fused-ring (bicyclic) bond motifs is 5. The number of rotatable bonds is 3. The van der Waals surface area contributed by atoms with E-state index in [1.54, 1.807) is 48.5 Å². The average molecular weight is 497 g/mol. The van der Waals surface area contributed by atoms with Gasteiger partial charge >= 0.3 is 12.1 Å². The summed E-state index contributed by atoms with van der Waals surface area (Å²) in [5, 5.41) is 16.3. The van der Waals surface area contributed by atoms with Gasteiger partial charge in [0, 0.05) is 12.6 Å². The number of aliphatic carboxylic acids is 1. The van der Waals surface area contributed by atoms with Crippen molar-refractivity contribution in [1.82, 2.24) is 4.90 Å². The molecule has 0 saturated carbocycles. The first-order valence-electron chi connectivity index (χ1n) is 10.7. The summed E-state index contributed by atoms with van der Waals surface area (Å²) in [5.74, 6) is -4.74. The molecule has 184 valence electrons. The van der Waals surface area contributed by atoms with E-state index in [0.717, 1.165) is 5.56 Å². The van der Waals surface area contributed by atoms with E-state index in [9.17, 15) is 27.6 Å². The number of amides is 2. The minimum Gasteiger partial charge on any atom is -0.475 e. The lowest BCUT2D eigenvalue weighted by Gasteiger charge is -2.33. The summed E-state index contributed by atoms with van der Waals surface area (Å²) in [7, 11) is 0. The van der Waals surface area contributed by atoms with Crippen LogP contribution in [0.4, 0.5) is 18.9 Å². The Bertz CT molecular complexity index is 1300. The number of nitrogens with zero attached hydrogens (tertiary/aromatic N) is 3. The fraction of sp³-hybridized carbons (Fsp3) is 0.240. The number of carbonyl (C=O) groups excluding carboxylic acids is 3. The Morgan fingerprint density at radius 2 is 1.64 bits per heavy atom. The number of nitriles is 1. The number of carboxylic acid groups (broad SMARTS) is 1. The number of anilines is 1. The first-order chi connectivity index (χ1) is 17.0. The Morgan fingerprint density at radius 3 is 2.25 bits per heavy atom. The molecule has 3 heterocycles. The second-order valence-electron chi connectivity index (χ2n) is 8.38. The fourth-order valence-corrected chi connectivity index (χ4v) is 4.85. The minimum absolute atomic E-state index is 0.152. The van der Waals surface area contributed by atoms with Gasteiger partial charge in [0.25, 0.3) is 0 Å². The highest BCUT2D eigenvalue weighted by Gasteiger charge is 2.64. The molecule has 36 heavy (non-hydrogen) atoms. The zero-order valence-electron chi connectivity index (χ0n) is 18.4. The Hall–Kier alpha value is -4.30. The molecular weight excluding hydrogens is 479 g/mol. The third-order valence-corrected chi connectivity index (χ3v) is 6.27. The normalized spacial score (nSPS) is 24.7. The third-order valence-electron chi connectivity index (χ3n) is 6.27. The van der Waals surface area contributed by atoms with Gasteiger partial charge in [-0.15, -0.1) is 0 Å². The summed E-state index contributed by atoms with van der Waals surface area (Å²) in [4.78, 5) is 51.3. The van der Waals surface area contributed by atoms with Crippen molar-refractivity contribution in [3.8, 4) is 6.07 Å². The second kappa shape index (κ2) is 9.39. The van der Waals surface area contributed by atoms with Gasteiger partial charge in [0.2, 0.25) is 11.8 Å². The van der Waals surface area contributed by atoms with Crippen molar-refractivity contribution in [3.63, 3.8) is 0 Å². The maximum absolute atomic E-state index is 13.2. The van der Waals surface area contributed by atoms with Gasteiger partial charge in [-0.05, 0) is 35.9 Å². The summed E-state index contributed by atoms with van der Waals surface area (Å²) < 4.78 is 31.7. The van der Waals surface area contributed by atoms with Crippen LogP contribution in [0.15, 0.2) is 66.7 Å². The van der Waals surface area contributed by atoms with Gasteiger partial charge in [-0.25, -0.2) is 9.69 Å². The Labute approximate surface area is 202 Å². The average Bonchev–Trinajstić information content (AvgIpc) is 3.23. The maximum atomic E-state index is 13.2. The molecule has 4 unspecified atom stereocenters. The van der Waals surface area contributed by atoms with Gasteiger partial charge in [0.05, 0.1) is 35.2 Å². The van der Waals surface area contributed by atoms with Crippen LogP contribution in [-0.2, 0) is 25.7 Å². The predicted octanol–water partition coefficient (Wildman–Crippen LogP) is 2.69. The van der Waals surface area contributed by atoms with Gasteiger partial charge in [0.1, 0.15) is 0 Å². The Morgan fingerprint density at radius 1 is 1.00 bits per heavy atom. The van der Waals surface area contributed by atoms with Crippen molar-refractivity contribution in [3.05, 3.63) is 77.9 Å². The number of benzene rings is 2. The molecule has 2 amide bonds. The van der Waals surface area contributed by atoms with Crippen LogP contribution in [0.2, 0.25) is 0 Å². The Balaban J connectivity index is 0.000000384. The van der Waals surface area contributed by atoms with E-state index < -0.39 is 30.0 Å². The molecule has 4 atom stereocenters. The van der Waals surface area contributed by atoms with Crippen molar-refractivity contribution >= 4 is 29.3 Å². The standard InChI is InChI=1S/C23H17N3O3.C2HF3O2/c24-12-14-5-4-6-15(11-14)13-25-17-9-10-18(27)21(25)20-19(17)22(28)26(23(20)29)16-7-2-1-3-8-16;3-2(4,5)1(6)7/h1-11,17,19-21H,13H2;(H,6,7). The highest BCUT2D eigenvalue weighted by atomic mass is 19.4. The van der Waals surface area contributed by atoms with Crippen LogP contribution in [0.1, 0.15) is 11.1 Å². The summed E-state index contributed by atoms with van der Waals surface area (Å²) in [5.41, 5.74) is 1.96. The van der Waals surface area contributed by atoms with Crippen LogP contribution in [0.25, 0.3) is 0 Å². The van der Waals surface area contributed by atoms with Gasteiger partial charge in [-0.1, -0.05) is 36.4 Å². The fourth-order valence-electron chi connectivity index (χ4n) is 4.85. The molecule has 0 radical (unpaired) electrons. The highest BCUT2D eigenvalue weighted by Crippen LogP contribution is 2.47. The number of para-hydroxylation sites is 1. The molecule has 2 aromatic carbocycles. The molecule has 0 aromatic heterocycles. The second-order valence-corrected chi connectivity index (χ2v) is 8.38. The Kier molecular flexibility index (Phi) is 6.47. The van der Waals surface area contributed by atoms with Crippen LogP contribution < -0.4 is 4.90 Å². The molecule has 3 aliphatic rings. The number of carbonyl (C=O) groups is 4. The molecule has 0 aliphatic carbocycles. The molecule has 2 saturated heterocycles. The van der Waals surface area contributed by atoms with Crippen molar-refractivity contribution in [2.45, 2.75) is 24.8 Å². The zero-order chi connectivity index (χ0) is 26.2. The monoisotopic (exact) mass is 497 g/mol. The summed E-state index contributed by atoms with van der Waals surface area (Å²) in [6, 6.07) is 17.2. The van der Waals surface area contributed by atoms with Crippen molar-refractivity contribution in [2.24, 2.45) is 11.8 Å². The molecule has 5 rings (SSSR count). The molecule has 3 aliphatic heterocycles. The maximum Gasteiger partial charge on any atom is 0.490 e. The van der Waals surface area contributed by atoms with Gasteiger partial charge < -0.3 is 5.11 Å². The SMILES string of the molecule is N#Cc1cccc(CN2C3C=CC(=O)C2C2C(=O)N(c4ccccc4)C(=O)C23)c1.O=C(O)C(F)(F)F.